The highest BCUT2D eigenvalue weighted by molar-refractivity contribution is 5.91. The first-order valence-corrected chi connectivity index (χ1v) is 9.37. The number of nitrogen functional groups attached to an aromatic ring is 1. The van der Waals surface area contributed by atoms with E-state index in [-0.39, 0.29) is 5.91 Å². The zero-order valence-electron chi connectivity index (χ0n) is 14.8. The fraction of sp³-hybridized carbons (Fsp3) is 0.650. The van der Waals surface area contributed by atoms with E-state index in [1.807, 2.05) is 18.2 Å². The molecule has 0 spiro atoms. The Morgan fingerprint density at radius 3 is 2.04 bits per heavy atom. The van der Waals surface area contributed by atoms with Crippen LogP contribution in [0.1, 0.15) is 84.0 Å². The Morgan fingerprint density at radius 2 is 1.48 bits per heavy atom. The number of amides is 1. The predicted molar refractivity (Wildman–Crippen MR) is 101 cm³/mol. The van der Waals surface area contributed by atoms with Crippen molar-refractivity contribution in [2.45, 2.75) is 84.0 Å². The minimum atomic E-state index is 0.0894. The largest absolute Gasteiger partial charge is 0.399 e. The third-order valence-electron chi connectivity index (χ3n) is 4.18. The molecule has 0 bridgehead atoms. The summed E-state index contributed by atoms with van der Waals surface area (Å²) in [6, 6.07) is 7.33. The molecule has 1 aromatic carbocycles. The van der Waals surface area contributed by atoms with Crippen LogP contribution in [0.2, 0.25) is 0 Å². The Bertz CT molecular complexity index is 431. The Kier molecular flexibility index (Phi) is 11.0. The van der Waals surface area contributed by atoms with Crippen molar-refractivity contribution in [1.82, 2.24) is 0 Å². The van der Waals surface area contributed by atoms with Crippen LogP contribution in [0.3, 0.4) is 0 Å². The highest BCUT2D eigenvalue weighted by Gasteiger charge is 2.02. The summed E-state index contributed by atoms with van der Waals surface area (Å²) >= 11 is 0. The van der Waals surface area contributed by atoms with Gasteiger partial charge in [-0.25, -0.2) is 0 Å². The second kappa shape index (κ2) is 13.0. The summed E-state index contributed by atoms with van der Waals surface area (Å²) in [5, 5.41) is 2.90. The smallest absolute Gasteiger partial charge is 0.224 e. The van der Waals surface area contributed by atoms with Crippen LogP contribution in [0.4, 0.5) is 11.4 Å². The number of nitrogens with two attached hydrogens (primary N) is 1. The second-order valence-electron chi connectivity index (χ2n) is 6.46. The Balaban J connectivity index is 1.91. The van der Waals surface area contributed by atoms with Crippen molar-refractivity contribution in [2.75, 3.05) is 11.1 Å². The molecule has 0 saturated carbocycles. The fourth-order valence-electron chi connectivity index (χ4n) is 2.79. The van der Waals surface area contributed by atoms with Gasteiger partial charge < -0.3 is 11.1 Å². The highest BCUT2D eigenvalue weighted by Crippen LogP contribution is 2.14. The molecule has 1 rings (SSSR count). The molecular weight excluding hydrogens is 284 g/mol. The van der Waals surface area contributed by atoms with Crippen molar-refractivity contribution >= 4 is 17.3 Å². The van der Waals surface area contributed by atoms with Gasteiger partial charge in [-0.2, -0.15) is 0 Å². The molecule has 0 aliphatic carbocycles. The molecule has 0 fully saturated rings. The van der Waals surface area contributed by atoms with Gasteiger partial charge in [-0.15, -0.1) is 0 Å². The van der Waals surface area contributed by atoms with Crippen LogP contribution in [-0.4, -0.2) is 5.91 Å². The van der Waals surface area contributed by atoms with Crippen LogP contribution in [0.25, 0.3) is 0 Å². The average Bonchev–Trinajstić information content (AvgIpc) is 2.52. The summed E-state index contributed by atoms with van der Waals surface area (Å²) in [5.41, 5.74) is 7.16. The van der Waals surface area contributed by atoms with Crippen LogP contribution in [0.15, 0.2) is 24.3 Å². The van der Waals surface area contributed by atoms with Crippen molar-refractivity contribution in [3.05, 3.63) is 24.3 Å². The first-order chi connectivity index (χ1) is 11.2. The minimum Gasteiger partial charge on any atom is -0.399 e. The molecule has 130 valence electrons. The van der Waals surface area contributed by atoms with Crippen molar-refractivity contribution in [3.8, 4) is 0 Å². The maximum Gasteiger partial charge on any atom is 0.224 e. The molecule has 0 radical (unpaired) electrons. The standard InChI is InChI=1S/C20H34N2O/c1-2-3-4-5-6-7-8-9-10-11-12-16-20(23)22-19-15-13-14-18(21)17-19/h13-15,17H,2-12,16,21H2,1H3,(H,22,23). The van der Waals surface area contributed by atoms with E-state index < -0.39 is 0 Å². The molecule has 23 heavy (non-hydrogen) atoms. The lowest BCUT2D eigenvalue weighted by Crippen LogP contribution is -2.11. The number of rotatable bonds is 13. The lowest BCUT2D eigenvalue weighted by atomic mass is 10.1. The molecule has 0 aliphatic rings. The lowest BCUT2D eigenvalue weighted by molar-refractivity contribution is -0.116. The molecule has 3 nitrogen and oxygen atoms in total. The third-order valence-corrected chi connectivity index (χ3v) is 4.18. The van der Waals surface area contributed by atoms with Crippen molar-refractivity contribution < 1.29 is 4.79 Å². The van der Waals surface area contributed by atoms with E-state index in [2.05, 4.69) is 12.2 Å². The summed E-state index contributed by atoms with van der Waals surface area (Å²) in [5.74, 6) is 0.0894. The maximum absolute atomic E-state index is 11.8. The highest BCUT2D eigenvalue weighted by atomic mass is 16.1. The lowest BCUT2D eigenvalue weighted by Gasteiger charge is -2.06. The molecular formula is C20H34N2O. The average molecular weight is 319 g/mol. The molecule has 1 amide bonds. The van der Waals surface area contributed by atoms with Crippen LogP contribution >= 0.6 is 0 Å². The van der Waals surface area contributed by atoms with E-state index in [0.717, 1.165) is 18.5 Å². The topological polar surface area (TPSA) is 55.1 Å². The minimum absolute atomic E-state index is 0.0894. The van der Waals surface area contributed by atoms with Gasteiger partial charge >= 0.3 is 0 Å². The third kappa shape index (κ3) is 10.8. The zero-order valence-corrected chi connectivity index (χ0v) is 14.8. The van der Waals surface area contributed by atoms with Gasteiger partial charge in [-0.1, -0.05) is 77.2 Å². The number of carbonyl (C=O) groups excluding carboxylic acids is 1. The van der Waals surface area contributed by atoms with Gasteiger partial charge in [0.05, 0.1) is 0 Å². The molecule has 0 aromatic heterocycles. The van der Waals surface area contributed by atoms with Crippen LogP contribution in [0, 0.1) is 0 Å². The van der Waals surface area contributed by atoms with Crippen molar-refractivity contribution in [2.24, 2.45) is 0 Å². The Labute approximate surface area is 142 Å². The van der Waals surface area contributed by atoms with Gasteiger partial charge in [0.25, 0.3) is 0 Å². The molecule has 3 heteroatoms. The van der Waals surface area contributed by atoms with E-state index in [4.69, 9.17) is 5.73 Å². The maximum atomic E-state index is 11.8. The van der Waals surface area contributed by atoms with Crippen molar-refractivity contribution in [1.29, 1.82) is 0 Å². The summed E-state index contributed by atoms with van der Waals surface area (Å²) < 4.78 is 0. The first kappa shape index (κ1) is 19.5. The van der Waals surface area contributed by atoms with Crippen molar-refractivity contribution in [3.63, 3.8) is 0 Å². The molecule has 0 atom stereocenters. The fourth-order valence-corrected chi connectivity index (χ4v) is 2.79. The van der Waals surface area contributed by atoms with Gasteiger partial charge in [-0.05, 0) is 24.6 Å². The van der Waals surface area contributed by atoms with E-state index >= 15 is 0 Å². The molecule has 0 heterocycles. The Hall–Kier alpha value is -1.51. The molecule has 3 N–H and O–H groups in total. The molecule has 1 aromatic rings. The Morgan fingerprint density at radius 1 is 0.913 bits per heavy atom. The number of nitrogens with one attached hydrogen (secondary N) is 1. The van der Waals surface area contributed by atoms with E-state index in [1.54, 1.807) is 6.07 Å². The number of hydrogen-bond donors (Lipinski definition) is 2. The van der Waals surface area contributed by atoms with Crippen LogP contribution in [-0.2, 0) is 4.79 Å². The zero-order chi connectivity index (χ0) is 16.8. The van der Waals surface area contributed by atoms with Gasteiger partial charge in [0, 0.05) is 17.8 Å². The number of anilines is 2. The van der Waals surface area contributed by atoms with Gasteiger partial charge in [0.2, 0.25) is 5.91 Å². The monoisotopic (exact) mass is 318 g/mol. The molecule has 0 unspecified atom stereocenters. The van der Waals surface area contributed by atoms with Gasteiger partial charge in [0.15, 0.2) is 0 Å². The number of carbonyl (C=O) groups is 1. The quantitative estimate of drug-likeness (QED) is 0.351. The summed E-state index contributed by atoms with van der Waals surface area (Å²) in [4.78, 5) is 11.8. The number of benzene rings is 1. The number of hydrogen-bond acceptors (Lipinski definition) is 2. The van der Waals surface area contributed by atoms with Crippen LogP contribution < -0.4 is 11.1 Å². The molecule has 0 saturated heterocycles. The van der Waals surface area contributed by atoms with E-state index in [1.165, 1.54) is 57.8 Å². The summed E-state index contributed by atoms with van der Waals surface area (Å²) in [6.07, 6.45) is 14.9. The summed E-state index contributed by atoms with van der Waals surface area (Å²) in [7, 11) is 0. The first-order valence-electron chi connectivity index (χ1n) is 9.37. The SMILES string of the molecule is CCCCCCCCCCCCCC(=O)Nc1cccc(N)c1. The van der Waals surface area contributed by atoms with E-state index in [9.17, 15) is 4.79 Å². The number of unbranched alkanes of at least 4 members (excludes halogenated alkanes) is 10. The van der Waals surface area contributed by atoms with Gasteiger partial charge in [0.1, 0.15) is 0 Å². The second-order valence-corrected chi connectivity index (χ2v) is 6.46. The molecule has 0 aliphatic heterocycles. The van der Waals surface area contributed by atoms with Gasteiger partial charge in [-0.3, -0.25) is 4.79 Å². The summed E-state index contributed by atoms with van der Waals surface area (Å²) in [6.45, 7) is 2.26. The predicted octanol–water partition coefficient (Wildman–Crippen LogP) is 5.91. The van der Waals surface area contributed by atoms with Crippen LogP contribution in [0.5, 0.6) is 0 Å². The normalized spacial score (nSPS) is 10.7. The van der Waals surface area contributed by atoms with E-state index in [0.29, 0.717) is 12.1 Å².